The molecule has 4 nitrogen and oxygen atoms in total. The summed E-state index contributed by atoms with van der Waals surface area (Å²) >= 11 is 5.82. The second kappa shape index (κ2) is 6.75. The molecule has 5 heteroatoms. The fourth-order valence-corrected chi connectivity index (χ4v) is 2.12. The van der Waals surface area contributed by atoms with E-state index in [0.717, 1.165) is 0 Å². The van der Waals surface area contributed by atoms with Crippen molar-refractivity contribution < 1.29 is 14.7 Å². The molecule has 0 aliphatic rings. The third-order valence-corrected chi connectivity index (χ3v) is 3.04. The number of halogens is 1. The highest BCUT2D eigenvalue weighted by molar-refractivity contribution is 6.30. The quantitative estimate of drug-likeness (QED) is 0.877. The van der Waals surface area contributed by atoms with Crippen molar-refractivity contribution in [1.29, 1.82) is 0 Å². The average Bonchev–Trinajstić information content (AvgIpc) is 2.32. The number of carboxylic acid groups (broad SMARTS) is 1. The molecule has 0 saturated heterocycles. The number of benzene rings is 1. The molecule has 2 N–H and O–H groups in total. The Morgan fingerprint density at radius 1 is 1.35 bits per heavy atom. The maximum Gasteiger partial charge on any atom is 0.308 e. The fraction of sp³-hybridized carbons (Fsp3) is 0.467. The standard InChI is InChI=1S/C15H20ClNO3/c1-15(2,3)8-11(14(19)20)9-17-13(18)10-5-4-6-12(16)7-10/h4-7,11H,8-9H2,1-3H3,(H,17,18)(H,19,20). The number of carboxylic acids is 1. The molecule has 1 rings (SSSR count). The fourth-order valence-electron chi connectivity index (χ4n) is 1.93. The van der Waals surface area contributed by atoms with E-state index in [9.17, 15) is 14.7 Å². The molecule has 1 amide bonds. The predicted octanol–water partition coefficient (Wildman–Crippen LogP) is 3.21. The van der Waals surface area contributed by atoms with Gasteiger partial charge in [0.05, 0.1) is 5.92 Å². The Bertz CT molecular complexity index is 494. The van der Waals surface area contributed by atoms with E-state index in [4.69, 9.17) is 11.6 Å². The zero-order valence-corrected chi connectivity index (χ0v) is 12.7. The first kappa shape index (κ1) is 16.5. The highest BCUT2D eigenvalue weighted by atomic mass is 35.5. The number of nitrogens with one attached hydrogen (secondary N) is 1. The van der Waals surface area contributed by atoms with Gasteiger partial charge in [0, 0.05) is 17.1 Å². The first-order valence-corrected chi connectivity index (χ1v) is 6.83. The summed E-state index contributed by atoms with van der Waals surface area (Å²) in [6, 6.07) is 6.55. The molecule has 0 aliphatic carbocycles. The summed E-state index contributed by atoms with van der Waals surface area (Å²) < 4.78 is 0. The number of hydrogen-bond acceptors (Lipinski definition) is 2. The van der Waals surface area contributed by atoms with Crippen LogP contribution in [-0.2, 0) is 4.79 Å². The zero-order valence-electron chi connectivity index (χ0n) is 11.9. The van der Waals surface area contributed by atoms with Crippen molar-refractivity contribution >= 4 is 23.5 Å². The molecule has 20 heavy (non-hydrogen) atoms. The average molecular weight is 298 g/mol. The molecule has 0 heterocycles. The van der Waals surface area contributed by atoms with Crippen LogP contribution in [-0.4, -0.2) is 23.5 Å². The molecule has 0 aliphatic heterocycles. The molecule has 0 bridgehead atoms. The summed E-state index contributed by atoms with van der Waals surface area (Å²) in [7, 11) is 0. The molecular formula is C15H20ClNO3. The lowest BCUT2D eigenvalue weighted by Crippen LogP contribution is -2.35. The number of aliphatic carboxylic acids is 1. The maximum absolute atomic E-state index is 11.9. The van der Waals surface area contributed by atoms with E-state index in [1.165, 1.54) is 0 Å². The van der Waals surface area contributed by atoms with Crippen molar-refractivity contribution in [2.24, 2.45) is 11.3 Å². The summed E-state index contributed by atoms with van der Waals surface area (Å²) in [5.74, 6) is -1.81. The van der Waals surface area contributed by atoms with E-state index < -0.39 is 11.9 Å². The van der Waals surface area contributed by atoms with Gasteiger partial charge in [0.15, 0.2) is 0 Å². The number of rotatable bonds is 5. The van der Waals surface area contributed by atoms with E-state index >= 15 is 0 Å². The molecule has 0 saturated carbocycles. The lowest BCUT2D eigenvalue weighted by molar-refractivity contribution is -0.142. The van der Waals surface area contributed by atoms with Gasteiger partial charge in [-0.25, -0.2) is 0 Å². The molecule has 110 valence electrons. The second-order valence-corrected chi connectivity index (χ2v) is 6.46. The number of hydrogen-bond donors (Lipinski definition) is 2. The Morgan fingerprint density at radius 2 is 2.00 bits per heavy atom. The minimum atomic E-state index is -0.897. The van der Waals surface area contributed by atoms with Crippen molar-refractivity contribution in [2.45, 2.75) is 27.2 Å². The van der Waals surface area contributed by atoms with Crippen LogP contribution in [0.1, 0.15) is 37.6 Å². The smallest absolute Gasteiger partial charge is 0.308 e. The predicted molar refractivity (Wildman–Crippen MR) is 79.0 cm³/mol. The molecule has 0 radical (unpaired) electrons. The van der Waals surface area contributed by atoms with Crippen molar-refractivity contribution in [3.05, 3.63) is 34.9 Å². The number of carbonyl (C=O) groups excluding carboxylic acids is 1. The first-order chi connectivity index (χ1) is 9.19. The van der Waals surface area contributed by atoms with Gasteiger partial charge in [-0.2, -0.15) is 0 Å². The highest BCUT2D eigenvalue weighted by Gasteiger charge is 2.25. The Kier molecular flexibility index (Phi) is 5.57. The van der Waals surface area contributed by atoms with Crippen LogP contribution in [0.3, 0.4) is 0 Å². The van der Waals surface area contributed by atoms with Gasteiger partial charge in [-0.1, -0.05) is 38.4 Å². The molecule has 1 aromatic rings. The van der Waals surface area contributed by atoms with Gasteiger partial charge in [-0.3, -0.25) is 9.59 Å². The van der Waals surface area contributed by atoms with Crippen LogP contribution >= 0.6 is 11.6 Å². The van der Waals surface area contributed by atoms with Gasteiger partial charge in [0.2, 0.25) is 0 Å². The van der Waals surface area contributed by atoms with E-state index in [0.29, 0.717) is 17.0 Å². The third-order valence-electron chi connectivity index (χ3n) is 2.80. The van der Waals surface area contributed by atoms with Crippen LogP contribution in [0.4, 0.5) is 0 Å². The summed E-state index contributed by atoms with van der Waals surface area (Å²) in [4.78, 5) is 23.1. The van der Waals surface area contributed by atoms with Crippen LogP contribution < -0.4 is 5.32 Å². The van der Waals surface area contributed by atoms with Crippen LogP contribution in [0.15, 0.2) is 24.3 Å². The summed E-state index contributed by atoms with van der Waals surface area (Å²) in [5.41, 5.74) is 0.321. The minimum absolute atomic E-state index is 0.107. The van der Waals surface area contributed by atoms with Crippen molar-refractivity contribution in [3.8, 4) is 0 Å². The number of amides is 1. The maximum atomic E-state index is 11.9. The van der Waals surface area contributed by atoms with E-state index in [2.05, 4.69) is 5.32 Å². The van der Waals surface area contributed by atoms with Crippen LogP contribution in [0, 0.1) is 11.3 Å². The lowest BCUT2D eigenvalue weighted by atomic mass is 9.84. The van der Waals surface area contributed by atoms with Crippen LogP contribution in [0.2, 0.25) is 5.02 Å². The van der Waals surface area contributed by atoms with Gasteiger partial charge in [-0.05, 0) is 30.0 Å². The Morgan fingerprint density at radius 3 is 2.50 bits per heavy atom. The number of carbonyl (C=O) groups is 2. The SMILES string of the molecule is CC(C)(C)CC(CNC(=O)c1cccc(Cl)c1)C(=O)O. The zero-order chi connectivity index (χ0) is 15.3. The summed E-state index contributed by atoms with van der Waals surface area (Å²) in [6.45, 7) is 6.03. The monoisotopic (exact) mass is 297 g/mol. The van der Waals surface area contributed by atoms with Crippen LogP contribution in [0.25, 0.3) is 0 Å². The van der Waals surface area contributed by atoms with E-state index in [1.807, 2.05) is 20.8 Å². The Balaban J connectivity index is 2.64. The van der Waals surface area contributed by atoms with Gasteiger partial charge < -0.3 is 10.4 Å². The normalized spacial score (nSPS) is 12.8. The van der Waals surface area contributed by atoms with Crippen LogP contribution in [0.5, 0.6) is 0 Å². The molecule has 1 unspecified atom stereocenters. The summed E-state index contributed by atoms with van der Waals surface area (Å²) in [5, 5.41) is 12.3. The Hall–Kier alpha value is -1.55. The minimum Gasteiger partial charge on any atom is -0.481 e. The second-order valence-electron chi connectivity index (χ2n) is 6.02. The summed E-state index contributed by atoms with van der Waals surface area (Å²) in [6.07, 6.45) is 0.498. The molecule has 0 fully saturated rings. The van der Waals surface area contributed by atoms with Crippen molar-refractivity contribution in [2.75, 3.05) is 6.54 Å². The van der Waals surface area contributed by atoms with E-state index in [-0.39, 0.29) is 17.9 Å². The van der Waals surface area contributed by atoms with Gasteiger partial charge >= 0.3 is 5.97 Å². The van der Waals surface area contributed by atoms with Crippen molar-refractivity contribution in [3.63, 3.8) is 0 Å². The van der Waals surface area contributed by atoms with Gasteiger partial charge in [-0.15, -0.1) is 0 Å². The van der Waals surface area contributed by atoms with Gasteiger partial charge in [0.1, 0.15) is 0 Å². The van der Waals surface area contributed by atoms with Gasteiger partial charge in [0.25, 0.3) is 5.91 Å². The Labute approximate surface area is 124 Å². The lowest BCUT2D eigenvalue weighted by Gasteiger charge is -2.23. The topological polar surface area (TPSA) is 66.4 Å². The molecular weight excluding hydrogens is 278 g/mol. The molecule has 0 spiro atoms. The molecule has 1 atom stereocenters. The molecule has 0 aromatic heterocycles. The first-order valence-electron chi connectivity index (χ1n) is 6.45. The largest absolute Gasteiger partial charge is 0.481 e. The molecule has 1 aromatic carbocycles. The van der Waals surface area contributed by atoms with Crippen molar-refractivity contribution in [1.82, 2.24) is 5.32 Å². The highest BCUT2D eigenvalue weighted by Crippen LogP contribution is 2.24. The third kappa shape index (κ3) is 5.61. The van der Waals surface area contributed by atoms with E-state index in [1.54, 1.807) is 24.3 Å².